The van der Waals surface area contributed by atoms with Crippen LogP contribution in [0.15, 0.2) is 69.6 Å². The van der Waals surface area contributed by atoms with Crippen molar-refractivity contribution in [3.63, 3.8) is 0 Å². The highest BCUT2D eigenvalue weighted by Gasteiger charge is 2.33. The third kappa shape index (κ3) is 5.01. The number of allylic oxidation sites excluding steroid dienone is 1. The van der Waals surface area contributed by atoms with E-state index in [2.05, 4.69) is 4.99 Å². The van der Waals surface area contributed by atoms with Crippen molar-refractivity contribution in [2.24, 2.45) is 4.99 Å². The maximum atomic E-state index is 13.7. The number of aromatic nitrogens is 1. The van der Waals surface area contributed by atoms with E-state index >= 15 is 0 Å². The van der Waals surface area contributed by atoms with Crippen LogP contribution in [0.1, 0.15) is 44.9 Å². The molecule has 0 spiro atoms. The predicted molar refractivity (Wildman–Crippen MR) is 136 cm³/mol. The van der Waals surface area contributed by atoms with Gasteiger partial charge in [-0.1, -0.05) is 47.7 Å². The fourth-order valence-electron chi connectivity index (χ4n) is 4.02. The first-order valence-electron chi connectivity index (χ1n) is 11.5. The number of benzene rings is 2. The Hall–Kier alpha value is -3.98. The molecule has 36 heavy (non-hydrogen) atoms. The number of nitrogens with zero attached hydrogens (tertiary/aromatic N) is 2. The molecule has 0 radical (unpaired) electrons. The SMILES string of the molecule is CCOC(=O)C1=C(C)N=c2s/c(=C/c3ccc(OC(C)=O)c(OCC)c3)c(=O)n2C1c1ccccc1. The number of esters is 2. The molecule has 1 unspecified atom stereocenters. The summed E-state index contributed by atoms with van der Waals surface area (Å²) in [6.45, 7) is 7.24. The Morgan fingerprint density at radius 3 is 2.50 bits per heavy atom. The van der Waals surface area contributed by atoms with Crippen molar-refractivity contribution < 1.29 is 23.8 Å². The second kappa shape index (κ2) is 10.7. The third-order valence-electron chi connectivity index (χ3n) is 5.45. The largest absolute Gasteiger partial charge is 0.490 e. The second-order valence-corrected chi connectivity index (χ2v) is 8.95. The van der Waals surface area contributed by atoms with Crippen LogP contribution in [0, 0.1) is 0 Å². The van der Waals surface area contributed by atoms with Crippen molar-refractivity contribution in [1.29, 1.82) is 0 Å². The molecule has 1 aliphatic rings. The Labute approximate surface area is 211 Å². The maximum absolute atomic E-state index is 13.7. The lowest BCUT2D eigenvalue weighted by Crippen LogP contribution is -2.39. The molecule has 1 atom stereocenters. The van der Waals surface area contributed by atoms with Gasteiger partial charge in [-0.3, -0.25) is 14.2 Å². The number of ether oxygens (including phenoxy) is 3. The quantitative estimate of drug-likeness (QED) is 0.361. The number of carbonyl (C=O) groups excluding carboxylic acids is 2. The molecule has 9 heteroatoms. The lowest BCUT2D eigenvalue weighted by Gasteiger charge is -2.24. The van der Waals surface area contributed by atoms with Gasteiger partial charge in [0, 0.05) is 6.92 Å². The van der Waals surface area contributed by atoms with E-state index < -0.39 is 18.0 Å². The summed E-state index contributed by atoms with van der Waals surface area (Å²) in [5.41, 5.74) is 2.05. The van der Waals surface area contributed by atoms with E-state index in [0.29, 0.717) is 44.3 Å². The Balaban J connectivity index is 1.87. The fraction of sp³-hybridized carbons (Fsp3) is 0.259. The van der Waals surface area contributed by atoms with Crippen LogP contribution in [-0.4, -0.2) is 29.7 Å². The third-order valence-corrected chi connectivity index (χ3v) is 6.43. The minimum Gasteiger partial charge on any atom is -0.490 e. The molecule has 4 rings (SSSR count). The monoisotopic (exact) mass is 506 g/mol. The molecule has 0 bridgehead atoms. The first-order valence-corrected chi connectivity index (χ1v) is 12.4. The summed E-state index contributed by atoms with van der Waals surface area (Å²) in [6.07, 6.45) is 1.73. The van der Waals surface area contributed by atoms with E-state index in [4.69, 9.17) is 14.2 Å². The van der Waals surface area contributed by atoms with E-state index in [0.717, 1.165) is 5.56 Å². The van der Waals surface area contributed by atoms with Gasteiger partial charge < -0.3 is 14.2 Å². The second-order valence-electron chi connectivity index (χ2n) is 7.95. The molecule has 0 fully saturated rings. The van der Waals surface area contributed by atoms with Gasteiger partial charge >= 0.3 is 11.9 Å². The highest BCUT2D eigenvalue weighted by Crippen LogP contribution is 2.31. The number of fused-ring (bicyclic) bond motifs is 1. The van der Waals surface area contributed by atoms with Gasteiger partial charge in [0.05, 0.1) is 35.1 Å². The molecule has 3 aromatic rings. The summed E-state index contributed by atoms with van der Waals surface area (Å²) >= 11 is 1.24. The zero-order chi connectivity index (χ0) is 25.8. The molecule has 0 N–H and O–H groups in total. The van der Waals surface area contributed by atoms with E-state index in [1.807, 2.05) is 37.3 Å². The molecule has 8 nitrogen and oxygen atoms in total. The molecule has 0 amide bonds. The Morgan fingerprint density at radius 2 is 1.83 bits per heavy atom. The fourth-order valence-corrected chi connectivity index (χ4v) is 5.06. The maximum Gasteiger partial charge on any atom is 0.338 e. The molecule has 0 saturated carbocycles. The highest BCUT2D eigenvalue weighted by atomic mass is 32.1. The van der Waals surface area contributed by atoms with Crippen LogP contribution in [0.5, 0.6) is 11.5 Å². The first-order chi connectivity index (χ1) is 17.3. The topological polar surface area (TPSA) is 96.2 Å². The van der Waals surface area contributed by atoms with Gasteiger partial charge in [0.1, 0.15) is 0 Å². The lowest BCUT2D eigenvalue weighted by atomic mass is 9.96. The first kappa shape index (κ1) is 25.1. The van der Waals surface area contributed by atoms with Gasteiger partial charge in [0.25, 0.3) is 5.56 Å². The van der Waals surface area contributed by atoms with Crippen molar-refractivity contribution in [2.45, 2.75) is 33.7 Å². The summed E-state index contributed by atoms with van der Waals surface area (Å²) in [4.78, 5) is 43.1. The summed E-state index contributed by atoms with van der Waals surface area (Å²) in [6, 6.07) is 13.8. The number of thiazole rings is 1. The average Bonchev–Trinajstić information content (AvgIpc) is 3.14. The Kier molecular flexibility index (Phi) is 7.49. The number of rotatable bonds is 7. The smallest absolute Gasteiger partial charge is 0.338 e. The molecule has 0 aliphatic carbocycles. The Morgan fingerprint density at radius 1 is 1.08 bits per heavy atom. The average molecular weight is 507 g/mol. The summed E-state index contributed by atoms with van der Waals surface area (Å²) in [5.74, 6) is -0.242. The standard InChI is InChI=1S/C27H26N2O6S/c1-5-33-21-14-18(12-13-20(21)35-17(4)30)15-22-25(31)29-24(19-10-8-7-9-11-19)23(26(32)34-6-2)16(3)28-27(29)36-22/h7-15,24H,5-6H2,1-4H3/b22-15+. The molecule has 0 saturated heterocycles. The molecule has 1 aromatic heterocycles. The zero-order valence-electron chi connectivity index (χ0n) is 20.4. The lowest BCUT2D eigenvalue weighted by molar-refractivity contribution is -0.139. The minimum absolute atomic E-state index is 0.215. The van der Waals surface area contributed by atoms with E-state index in [1.165, 1.54) is 18.3 Å². The number of carbonyl (C=O) groups is 2. The van der Waals surface area contributed by atoms with Crippen LogP contribution < -0.4 is 24.4 Å². The van der Waals surface area contributed by atoms with Crippen molar-refractivity contribution in [3.8, 4) is 11.5 Å². The van der Waals surface area contributed by atoms with E-state index in [-0.39, 0.29) is 12.2 Å². The van der Waals surface area contributed by atoms with Crippen LogP contribution in [-0.2, 0) is 14.3 Å². The molecule has 1 aliphatic heterocycles. The van der Waals surface area contributed by atoms with Crippen molar-refractivity contribution in [2.75, 3.05) is 13.2 Å². The van der Waals surface area contributed by atoms with Gasteiger partial charge in [0.2, 0.25) is 0 Å². The molecule has 2 heterocycles. The predicted octanol–water partition coefficient (Wildman–Crippen LogP) is 3.12. The van der Waals surface area contributed by atoms with Gasteiger partial charge in [-0.2, -0.15) is 0 Å². The zero-order valence-corrected chi connectivity index (χ0v) is 21.3. The highest BCUT2D eigenvalue weighted by molar-refractivity contribution is 7.07. The minimum atomic E-state index is -0.658. The van der Waals surface area contributed by atoms with E-state index in [1.54, 1.807) is 42.7 Å². The van der Waals surface area contributed by atoms with Crippen LogP contribution in [0.4, 0.5) is 0 Å². The molecule has 186 valence electrons. The van der Waals surface area contributed by atoms with Crippen LogP contribution >= 0.6 is 11.3 Å². The van der Waals surface area contributed by atoms with Crippen molar-refractivity contribution in [3.05, 3.63) is 90.6 Å². The van der Waals surface area contributed by atoms with Crippen LogP contribution in [0.2, 0.25) is 0 Å². The van der Waals surface area contributed by atoms with E-state index in [9.17, 15) is 14.4 Å². The van der Waals surface area contributed by atoms with Gasteiger partial charge in [-0.05, 0) is 50.1 Å². The Bertz CT molecular complexity index is 1520. The summed E-state index contributed by atoms with van der Waals surface area (Å²) in [5, 5.41) is 0. The summed E-state index contributed by atoms with van der Waals surface area (Å²) in [7, 11) is 0. The van der Waals surface area contributed by atoms with Gasteiger partial charge in [-0.25, -0.2) is 9.79 Å². The van der Waals surface area contributed by atoms with Gasteiger partial charge in [0.15, 0.2) is 16.3 Å². The van der Waals surface area contributed by atoms with Crippen LogP contribution in [0.3, 0.4) is 0 Å². The normalized spacial score (nSPS) is 15.2. The molecular formula is C27H26N2O6S. The molecular weight excluding hydrogens is 480 g/mol. The summed E-state index contributed by atoms with van der Waals surface area (Å²) < 4.78 is 18.1. The molecule has 2 aromatic carbocycles. The van der Waals surface area contributed by atoms with Gasteiger partial charge in [-0.15, -0.1) is 0 Å². The van der Waals surface area contributed by atoms with Crippen molar-refractivity contribution in [1.82, 2.24) is 4.57 Å². The van der Waals surface area contributed by atoms with Crippen LogP contribution in [0.25, 0.3) is 6.08 Å². The van der Waals surface area contributed by atoms with Crippen molar-refractivity contribution >= 4 is 29.4 Å². The number of hydrogen-bond acceptors (Lipinski definition) is 8. The number of hydrogen-bond donors (Lipinski definition) is 0.